The summed E-state index contributed by atoms with van der Waals surface area (Å²) in [6, 6.07) is 2.01. The molecule has 0 aromatic carbocycles. The summed E-state index contributed by atoms with van der Waals surface area (Å²) in [5, 5.41) is 21.6. The number of anilines is 2. The van der Waals surface area contributed by atoms with Gasteiger partial charge >= 0.3 is 0 Å². The Hall–Kier alpha value is -1.40. The van der Waals surface area contributed by atoms with Crippen LogP contribution >= 0.6 is 0 Å². The van der Waals surface area contributed by atoms with Gasteiger partial charge in [-0.25, -0.2) is 9.97 Å². The number of nitrogens with one attached hydrogen (secondary N) is 1. The molecule has 0 saturated carbocycles. The maximum atomic E-state index is 9.31. The van der Waals surface area contributed by atoms with Gasteiger partial charge in [0.2, 0.25) is 0 Å². The number of hydrogen-bond acceptors (Lipinski definition) is 6. The molecule has 6 heteroatoms. The van der Waals surface area contributed by atoms with E-state index in [0.717, 1.165) is 25.2 Å². The highest BCUT2D eigenvalue weighted by molar-refractivity contribution is 5.49. The molecular formula is C12H20N4O2. The van der Waals surface area contributed by atoms with Gasteiger partial charge in [-0.3, -0.25) is 0 Å². The highest BCUT2D eigenvalue weighted by Gasteiger charge is 2.25. The van der Waals surface area contributed by atoms with E-state index in [2.05, 4.69) is 20.2 Å². The van der Waals surface area contributed by atoms with Gasteiger partial charge in [-0.1, -0.05) is 0 Å². The minimum absolute atomic E-state index is 0.153. The van der Waals surface area contributed by atoms with Gasteiger partial charge in [0, 0.05) is 19.2 Å². The Balaban J connectivity index is 2.06. The molecule has 100 valence electrons. The van der Waals surface area contributed by atoms with Crippen molar-refractivity contribution in [3.63, 3.8) is 0 Å². The van der Waals surface area contributed by atoms with Gasteiger partial charge in [-0.2, -0.15) is 0 Å². The molecule has 0 spiro atoms. The van der Waals surface area contributed by atoms with Crippen molar-refractivity contribution >= 4 is 11.6 Å². The fourth-order valence-corrected chi connectivity index (χ4v) is 2.18. The van der Waals surface area contributed by atoms with Crippen molar-refractivity contribution in [3.8, 4) is 0 Å². The molecule has 1 aliphatic rings. The molecule has 2 rings (SSSR count). The quantitative estimate of drug-likeness (QED) is 0.696. The van der Waals surface area contributed by atoms with E-state index in [0.29, 0.717) is 12.4 Å². The number of nitrogens with zero attached hydrogens (tertiary/aromatic N) is 3. The lowest BCUT2D eigenvalue weighted by molar-refractivity contribution is 0.208. The van der Waals surface area contributed by atoms with E-state index in [1.54, 1.807) is 6.92 Å². The Morgan fingerprint density at radius 2 is 2.39 bits per heavy atom. The van der Waals surface area contributed by atoms with Crippen LogP contribution in [-0.4, -0.2) is 52.0 Å². The summed E-state index contributed by atoms with van der Waals surface area (Å²) < 4.78 is 0. The van der Waals surface area contributed by atoms with Crippen LogP contribution in [0.1, 0.15) is 19.8 Å². The minimum Gasteiger partial charge on any atom is -0.394 e. The standard InChI is InChI=1S/C12H20N4O2/c1-9(18)6-13-11-5-12(15-8-14-11)16-4-2-3-10(16)7-17/h5,8-10,17-18H,2-4,6-7H2,1H3,(H,13,14,15)/t9-,10+/m0/s1. The van der Waals surface area contributed by atoms with E-state index in [4.69, 9.17) is 0 Å². The zero-order valence-electron chi connectivity index (χ0n) is 10.6. The highest BCUT2D eigenvalue weighted by Crippen LogP contribution is 2.24. The summed E-state index contributed by atoms with van der Waals surface area (Å²) in [6.45, 7) is 3.25. The van der Waals surface area contributed by atoms with Gasteiger partial charge in [0.25, 0.3) is 0 Å². The van der Waals surface area contributed by atoms with Crippen molar-refractivity contribution in [1.82, 2.24) is 9.97 Å². The Morgan fingerprint density at radius 1 is 1.56 bits per heavy atom. The number of aliphatic hydroxyl groups is 2. The van der Waals surface area contributed by atoms with E-state index in [1.807, 2.05) is 6.07 Å². The number of rotatable bonds is 5. The largest absolute Gasteiger partial charge is 0.394 e. The van der Waals surface area contributed by atoms with Gasteiger partial charge in [0.05, 0.1) is 18.8 Å². The third-order valence-corrected chi connectivity index (χ3v) is 3.11. The van der Waals surface area contributed by atoms with Crippen LogP contribution < -0.4 is 10.2 Å². The minimum atomic E-state index is -0.416. The Kier molecular flexibility index (Phi) is 4.33. The van der Waals surface area contributed by atoms with Crippen molar-refractivity contribution in [2.24, 2.45) is 0 Å². The summed E-state index contributed by atoms with van der Waals surface area (Å²) in [7, 11) is 0. The van der Waals surface area contributed by atoms with Crippen molar-refractivity contribution in [2.45, 2.75) is 31.9 Å². The first-order chi connectivity index (χ1) is 8.70. The first-order valence-electron chi connectivity index (χ1n) is 6.32. The first kappa shape index (κ1) is 13.0. The lowest BCUT2D eigenvalue weighted by Gasteiger charge is -2.24. The van der Waals surface area contributed by atoms with Crippen molar-refractivity contribution < 1.29 is 10.2 Å². The second-order valence-corrected chi connectivity index (χ2v) is 4.66. The van der Waals surface area contributed by atoms with Crippen molar-refractivity contribution in [1.29, 1.82) is 0 Å². The summed E-state index contributed by atoms with van der Waals surface area (Å²) in [6.07, 6.45) is 3.16. The third-order valence-electron chi connectivity index (χ3n) is 3.11. The van der Waals surface area contributed by atoms with E-state index in [9.17, 15) is 10.2 Å². The van der Waals surface area contributed by atoms with Crippen molar-refractivity contribution in [3.05, 3.63) is 12.4 Å². The van der Waals surface area contributed by atoms with Crippen LogP contribution in [0.25, 0.3) is 0 Å². The molecule has 3 N–H and O–H groups in total. The maximum Gasteiger partial charge on any atom is 0.134 e. The maximum absolute atomic E-state index is 9.31. The Bertz CT molecular complexity index is 386. The van der Waals surface area contributed by atoms with Crippen LogP contribution in [0.15, 0.2) is 12.4 Å². The molecule has 6 nitrogen and oxygen atoms in total. The summed E-state index contributed by atoms with van der Waals surface area (Å²) in [5.74, 6) is 1.53. The fraction of sp³-hybridized carbons (Fsp3) is 0.667. The lowest BCUT2D eigenvalue weighted by Crippen LogP contribution is -2.32. The van der Waals surface area contributed by atoms with Gasteiger partial charge in [-0.15, -0.1) is 0 Å². The zero-order valence-corrected chi connectivity index (χ0v) is 10.6. The monoisotopic (exact) mass is 252 g/mol. The average molecular weight is 252 g/mol. The van der Waals surface area contributed by atoms with E-state index >= 15 is 0 Å². The molecule has 18 heavy (non-hydrogen) atoms. The van der Waals surface area contributed by atoms with Crippen LogP contribution in [0.2, 0.25) is 0 Å². The summed E-state index contributed by atoms with van der Waals surface area (Å²) in [5.41, 5.74) is 0. The summed E-state index contributed by atoms with van der Waals surface area (Å²) >= 11 is 0. The Morgan fingerprint density at radius 3 is 3.11 bits per heavy atom. The molecule has 0 aliphatic carbocycles. The average Bonchev–Trinajstić information content (AvgIpc) is 2.85. The zero-order chi connectivity index (χ0) is 13.0. The lowest BCUT2D eigenvalue weighted by atomic mass is 10.2. The van der Waals surface area contributed by atoms with E-state index in [1.165, 1.54) is 6.33 Å². The predicted octanol–water partition coefficient (Wildman–Crippen LogP) is 0.230. The molecule has 1 fully saturated rings. The second kappa shape index (κ2) is 5.97. The molecule has 0 bridgehead atoms. The van der Waals surface area contributed by atoms with Crippen LogP contribution in [0, 0.1) is 0 Å². The first-order valence-corrected chi connectivity index (χ1v) is 6.32. The second-order valence-electron chi connectivity index (χ2n) is 4.66. The fourth-order valence-electron chi connectivity index (χ4n) is 2.18. The molecule has 2 atom stereocenters. The van der Waals surface area contributed by atoms with E-state index in [-0.39, 0.29) is 12.6 Å². The number of hydrogen-bond donors (Lipinski definition) is 3. The predicted molar refractivity (Wildman–Crippen MR) is 69.7 cm³/mol. The number of aliphatic hydroxyl groups excluding tert-OH is 2. The highest BCUT2D eigenvalue weighted by atomic mass is 16.3. The molecule has 0 amide bonds. The van der Waals surface area contributed by atoms with Crippen LogP contribution in [0.5, 0.6) is 0 Å². The van der Waals surface area contributed by atoms with Gasteiger partial charge in [-0.05, 0) is 19.8 Å². The molecule has 0 radical (unpaired) electrons. The molecule has 1 aromatic rings. The summed E-state index contributed by atoms with van der Waals surface area (Å²) in [4.78, 5) is 10.5. The van der Waals surface area contributed by atoms with Crippen LogP contribution in [-0.2, 0) is 0 Å². The Labute approximate surface area is 107 Å². The SMILES string of the molecule is C[C@H](O)CNc1cc(N2CCC[C@@H]2CO)ncn1. The van der Waals surface area contributed by atoms with Gasteiger partial charge in [0.1, 0.15) is 18.0 Å². The molecule has 0 unspecified atom stereocenters. The van der Waals surface area contributed by atoms with E-state index < -0.39 is 6.10 Å². The topological polar surface area (TPSA) is 81.5 Å². The molecule has 1 aliphatic heterocycles. The third kappa shape index (κ3) is 3.08. The molecule has 1 saturated heterocycles. The molecule has 2 heterocycles. The van der Waals surface area contributed by atoms with Gasteiger partial charge in [0.15, 0.2) is 0 Å². The molecular weight excluding hydrogens is 232 g/mol. The smallest absolute Gasteiger partial charge is 0.134 e. The normalized spacial score (nSPS) is 21.1. The van der Waals surface area contributed by atoms with Crippen LogP contribution in [0.3, 0.4) is 0 Å². The number of aromatic nitrogens is 2. The van der Waals surface area contributed by atoms with Gasteiger partial charge < -0.3 is 20.4 Å². The van der Waals surface area contributed by atoms with Crippen LogP contribution in [0.4, 0.5) is 11.6 Å². The molecule has 1 aromatic heterocycles. The van der Waals surface area contributed by atoms with Crippen molar-refractivity contribution in [2.75, 3.05) is 29.9 Å².